The van der Waals surface area contributed by atoms with E-state index in [1.54, 1.807) is 6.92 Å². The van der Waals surface area contributed by atoms with E-state index in [1.807, 2.05) is 0 Å². The number of methoxy groups -OCH3 is 1. The van der Waals surface area contributed by atoms with Gasteiger partial charge in [0, 0.05) is 7.11 Å². The van der Waals surface area contributed by atoms with Crippen LogP contribution in [0.3, 0.4) is 0 Å². The number of carboxylic acid groups (broad SMARTS) is 1. The Kier molecular flexibility index (Phi) is 4.07. The van der Waals surface area contributed by atoms with Crippen LogP contribution in [0.1, 0.15) is 23.2 Å². The molecule has 1 aromatic rings. The molecule has 0 spiro atoms. The van der Waals surface area contributed by atoms with Crippen LogP contribution >= 0.6 is 0 Å². The summed E-state index contributed by atoms with van der Waals surface area (Å²) in [6.45, 7) is 1.75. The number of furan rings is 1. The van der Waals surface area contributed by atoms with E-state index in [1.165, 1.54) is 19.2 Å². The summed E-state index contributed by atoms with van der Waals surface area (Å²) in [7, 11) is 1.43. The Morgan fingerprint density at radius 2 is 2.25 bits per heavy atom. The first kappa shape index (κ1) is 12.3. The van der Waals surface area contributed by atoms with E-state index in [2.05, 4.69) is 5.32 Å². The number of carbonyl (C=O) groups excluding carboxylic acids is 1. The predicted octanol–water partition coefficient (Wildman–Crippen LogP) is 0.629. The minimum absolute atomic E-state index is 0.139. The molecule has 0 radical (unpaired) electrons. The van der Waals surface area contributed by atoms with Crippen molar-refractivity contribution < 1.29 is 23.8 Å². The van der Waals surface area contributed by atoms with Crippen molar-refractivity contribution in [2.45, 2.75) is 19.6 Å². The van der Waals surface area contributed by atoms with E-state index in [-0.39, 0.29) is 18.2 Å². The summed E-state index contributed by atoms with van der Waals surface area (Å²) in [5.74, 6) is -1.18. The Bertz CT molecular complexity index is 384. The van der Waals surface area contributed by atoms with Crippen LogP contribution in [0.5, 0.6) is 0 Å². The second-order valence-corrected chi connectivity index (χ2v) is 3.17. The van der Waals surface area contributed by atoms with Crippen molar-refractivity contribution in [3.63, 3.8) is 0 Å². The summed E-state index contributed by atoms with van der Waals surface area (Å²) in [5, 5.41) is 11.2. The molecule has 0 bridgehead atoms. The zero-order valence-electron chi connectivity index (χ0n) is 9.02. The molecule has 0 aromatic carbocycles. The summed E-state index contributed by atoms with van der Waals surface area (Å²) in [6, 6.07) is 2.84. The number of carboxylic acids is 1. The molecule has 0 aliphatic heterocycles. The molecule has 1 aromatic heterocycles. The van der Waals surface area contributed by atoms with Crippen molar-refractivity contribution >= 4 is 11.9 Å². The van der Waals surface area contributed by atoms with Gasteiger partial charge in [-0.3, -0.25) is 4.79 Å². The molecule has 6 nitrogen and oxygen atoms in total. The Balaban J connectivity index is 2.48. The van der Waals surface area contributed by atoms with Crippen LogP contribution < -0.4 is 5.32 Å². The highest BCUT2D eigenvalue weighted by molar-refractivity contribution is 5.84. The maximum absolute atomic E-state index is 11.3. The maximum Gasteiger partial charge on any atom is 0.371 e. The van der Waals surface area contributed by atoms with Gasteiger partial charge < -0.3 is 19.6 Å². The second-order valence-electron chi connectivity index (χ2n) is 3.17. The van der Waals surface area contributed by atoms with E-state index in [9.17, 15) is 9.59 Å². The summed E-state index contributed by atoms with van der Waals surface area (Å²) in [6.07, 6.45) is -0.547. The van der Waals surface area contributed by atoms with Gasteiger partial charge in [-0.2, -0.15) is 0 Å². The SMILES string of the molecule is COC(C)C(=O)NCc1ccc(C(=O)O)o1. The first-order chi connectivity index (χ1) is 7.54. The molecule has 1 unspecified atom stereocenters. The van der Waals surface area contributed by atoms with Crippen molar-refractivity contribution in [2.75, 3.05) is 7.11 Å². The number of carbonyl (C=O) groups is 2. The summed E-state index contributed by atoms with van der Waals surface area (Å²) in [5.41, 5.74) is 0. The molecule has 0 aliphatic carbocycles. The van der Waals surface area contributed by atoms with Gasteiger partial charge in [0.1, 0.15) is 11.9 Å². The van der Waals surface area contributed by atoms with Crippen LogP contribution in [0.4, 0.5) is 0 Å². The third-order valence-electron chi connectivity index (χ3n) is 2.03. The van der Waals surface area contributed by atoms with Crippen molar-refractivity contribution in [1.29, 1.82) is 0 Å². The van der Waals surface area contributed by atoms with Crippen LogP contribution in [-0.2, 0) is 16.1 Å². The second kappa shape index (κ2) is 5.32. The normalized spacial score (nSPS) is 12.1. The molecule has 1 atom stereocenters. The van der Waals surface area contributed by atoms with E-state index in [0.717, 1.165) is 0 Å². The quantitative estimate of drug-likeness (QED) is 0.770. The first-order valence-electron chi connectivity index (χ1n) is 4.67. The topological polar surface area (TPSA) is 88.8 Å². The van der Waals surface area contributed by atoms with Crippen molar-refractivity contribution in [1.82, 2.24) is 5.32 Å². The molecule has 1 rings (SSSR count). The number of hydrogen-bond donors (Lipinski definition) is 2. The lowest BCUT2D eigenvalue weighted by Crippen LogP contribution is -2.33. The van der Waals surface area contributed by atoms with Crippen LogP contribution in [-0.4, -0.2) is 30.2 Å². The third-order valence-corrected chi connectivity index (χ3v) is 2.03. The Morgan fingerprint density at radius 1 is 1.56 bits per heavy atom. The summed E-state index contributed by atoms with van der Waals surface area (Å²) >= 11 is 0. The number of hydrogen-bond acceptors (Lipinski definition) is 4. The minimum Gasteiger partial charge on any atom is -0.475 e. The lowest BCUT2D eigenvalue weighted by molar-refractivity contribution is -0.130. The lowest BCUT2D eigenvalue weighted by Gasteiger charge is -2.08. The van der Waals surface area contributed by atoms with Gasteiger partial charge in [-0.25, -0.2) is 4.79 Å². The molecule has 88 valence electrons. The van der Waals surface area contributed by atoms with E-state index in [0.29, 0.717) is 5.76 Å². The van der Waals surface area contributed by atoms with Gasteiger partial charge >= 0.3 is 5.97 Å². The van der Waals surface area contributed by atoms with Gasteiger partial charge in [-0.15, -0.1) is 0 Å². The van der Waals surface area contributed by atoms with Crippen LogP contribution in [0.25, 0.3) is 0 Å². The van der Waals surface area contributed by atoms with Gasteiger partial charge in [0.25, 0.3) is 0 Å². The fraction of sp³-hybridized carbons (Fsp3) is 0.400. The molecule has 2 N–H and O–H groups in total. The standard InChI is InChI=1S/C10H13NO5/c1-6(15-2)9(12)11-5-7-3-4-8(16-7)10(13)14/h3-4,6H,5H2,1-2H3,(H,11,12)(H,13,14). The molecular weight excluding hydrogens is 214 g/mol. The van der Waals surface area contributed by atoms with E-state index >= 15 is 0 Å². The predicted molar refractivity (Wildman–Crippen MR) is 54.0 cm³/mol. The molecular formula is C10H13NO5. The Hall–Kier alpha value is -1.82. The average molecular weight is 227 g/mol. The smallest absolute Gasteiger partial charge is 0.371 e. The number of ether oxygens (including phenoxy) is 1. The van der Waals surface area contributed by atoms with Crippen molar-refractivity contribution in [3.8, 4) is 0 Å². The number of amides is 1. The molecule has 0 fully saturated rings. The minimum atomic E-state index is -1.14. The zero-order chi connectivity index (χ0) is 12.1. The molecule has 0 saturated carbocycles. The fourth-order valence-electron chi connectivity index (χ4n) is 1.01. The third kappa shape index (κ3) is 3.09. The lowest BCUT2D eigenvalue weighted by atomic mass is 10.3. The first-order valence-corrected chi connectivity index (χ1v) is 4.67. The highest BCUT2D eigenvalue weighted by Crippen LogP contribution is 2.07. The average Bonchev–Trinajstić information content (AvgIpc) is 2.73. The maximum atomic E-state index is 11.3. The largest absolute Gasteiger partial charge is 0.475 e. The Morgan fingerprint density at radius 3 is 2.75 bits per heavy atom. The molecule has 0 saturated heterocycles. The summed E-state index contributed by atoms with van der Waals surface area (Å²) < 4.78 is 9.76. The zero-order valence-corrected chi connectivity index (χ0v) is 9.02. The van der Waals surface area contributed by atoms with Crippen LogP contribution in [0, 0.1) is 0 Å². The number of aromatic carboxylic acids is 1. The molecule has 6 heteroatoms. The van der Waals surface area contributed by atoms with Crippen LogP contribution in [0.2, 0.25) is 0 Å². The number of rotatable bonds is 5. The van der Waals surface area contributed by atoms with Gasteiger partial charge in [-0.05, 0) is 19.1 Å². The molecule has 16 heavy (non-hydrogen) atoms. The summed E-state index contributed by atoms with van der Waals surface area (Å²) in [4.78, 5) is 21.8. The van der Waals surface area contributed by atoms with Gasteiger partial charge in [-0.1, -0.05) is 0 Å². The fourth-order valence-corrected chi connectivity index (χ4v) is 1.01. The number of nitrogens with one attached hydrogen (secondary N) is 1. The van der Waals surface area contributed by atoms with Crippen molar-refractivity contribution in [2.24, 2.45) is 0 Å². The van der Waals surface area contributed by atoms with Gasteiger partial charge in [0.2, 0.25) is 11.7 Å². The van der Waals surface area contributed by atoms with Crippen LogP contribution in [0.15, 0.2) is 16.5 Å². The van der Waals surface area contributed by atoms with E-state index in [4.69, 9.17) is 14.3 Å². The van der Waals surface area contributed by atoms with Gasteiger partial charge in [0.15, 0.2) is 0 Å². The highest BCUT2D eigenvalue weighted by Gasteiger charge is 2.13. The Labute approximate surface area is 92.2 Å². The van der Waals surface area contributed by atoms with Crippen molar-refractivity contribution in [3.05, 3.63) is 23.7 Å². The van der Waals surface area contributed by atoms with Gasteiger partial charge in [0.05, 0.1) is 6.54 Å². The monoisotopic (exact) mass is 227 g/mol. The molecule has 1 amide bonds. The molecule has 0 aliphatic rings. The highest BCUT2D eigenvalue weighted by atomic mass is 16.5. The van der Waals surface area contributed by atoms with E-state index < -0.39 is 12.1 Å². The molecule has 1 heterocycles.